The molecule has 8 N–H and O–H groups in total. The number of carbonyl (C=O) groups excluding carboxylic acids is 3. The van der Waals surface area contributed by atoms with Crippen molar-refractivity contribution in [2.24, 2.45) is 5.92 Å². The van der Waals surface area contributed by atoms with Crippen LogP contribution >= 0.6 is 23.2 Å². The van der Waals surface area contributed by atoms with E-state index in [0.29, 0.717) is 0 Å². The summed E-state index contributed by atoms with van der Waals surface area (Å²) in [6.45, 7) is 12.5. The summed E-state index contributed by atoms with van der Waals surface area (Å²) in [5.74, 6) is -8.36. The number of aromatic hydroxyl groups is 2. The highest BCUT2D eigenvalue weighted by molar-refractivity contribution is 6.39. The Balaban J connectivity index is 0.706. The second-order valence-electron chi connectivity index (χ2n) is 25.4. The quantitative estimate of drug-likeness (QED) is 0.0986. The molecule has 520 valence electrons. The van der Waals surface area contributed by atoms with Crippen molar-refractivity contribution in [3.05, 3.63) is 21.2 Å². The largest absolute Gasteiger partial charge is 0.505 e. The summed E-state index contributed by atoms with van der Waals surface area (Å²) in [6, 6.07) is 0. The van der Waals surface area contributed by atoms with Gasteiger partial charge in [0.05, 0.1) is 73.8 Å². The zero-order valence-electron chi connectivity index (χ0n) is 52.2. The normalized spacial score (nSPS) is 47.7. The molecule has 92 heavy (non-hydrogen) atoms. The molecule has 0 aromatic heterocycles. The number of aliphatic hydroxyl groups is 6. The Morgan fingerprint density at radius 3 is 2.02 bits per heavy atom. The van der Waals surface area contributed by atoms with Crippen LogP contribution in [0.1, 0.15) is 90.6 Å². The number of ether oxygens (including phenoxy) is 21. The molecule has 11 rings (SSSR count). The number of hydrogen-bond acceptors (Lipinski definition) is 32. The minimum absolute atomic E-state index is 0.0114. The second kappa shape index (κ2) is 27.0. The van der Waals surface area contributed by atoms with E-state index in [4.69, 9.17) is 123 Å². The maximum absolute atomic E-state index is 13.4. The zero-order valence-corrected chi connectivity index (χ0v) is 53.7. The summed E-state index contributed by atoms with van der Waals surface area (Å²) in [6.07, 6.45) is -33.6. The van der Waals surface area contributed by atoms with Crippen LogP contribution in [0.15, 0.2) is 0 Å². The Bertz CT molecular complexity index is 2790. The van der Waals surface area contributed by atoms with Crippen LogP contribution in [0, 0.1) is 12.8 Å². The van der Waals surface area contributed by atoms with Gasteiger partial charge < -0.3 is 140 Å². The van der Waals surface area contributed by atoms with Crippen molar-refractivity contribution in [3.8, 4) is 11.5 Å². The van der Waals surface area contributed by atoms with Crippen molar-refractivity contribution in [2.45, 2.75) is 264 Å². The van der Waals surface area contributed by atoms with Crippen molar-refractivity contribution < 1.29 is 155 Å². The molecule has 0 amide bonds. The molecule has 10 aliphatic rings. The van der Waals surface area contributed by atoms with E-state index < -0.39 is 235 Å². The number of Topliss-reactive ketones (excluding diaryl/α,β-unsaturated/α-hetero) is 1. The highest BCUT2D eigenvalue weighted by atomic mass is 35.5. The predicted octanol–water partition coefficient (Wildman–Crippen LogP) is -0.294. The zero-order chi connectivity index (χ0) is 66.6. The van der Waals surface area contributed by atoms with Gasteiger partial charge in [-0.25, -0.2) is 4.79 Å². The third kappa shape index (κ3) is 12.7. The van der Waals surface area contributed by atoms with Crippen molar-refractivity contribution in [1.29, 1.82) is 0 Å². The molecule has 0 bridgehead atoms. The number of rotatable bonds is 16. The van der Waals surface area contributed by atoms with Gasteiger partial charge in [-0.3, -0.25) is 9.59 Å². The van der Waals surface area contributed by atoms with Crippen molar-refractivity contribution in [2.75, 3.05) is 40.8 Å². The maximum Gasteiger partial charge on any atom is 0.342 e. The first-order valence-electron chi connectivity index (χ1n) is 30.5. The molecule has 0 saturated carbocycles. The number of ketones is 1. The molecule has 10 fully saturated rings. The topological polar surface area (TPSA) is 407 Å². The molecule has 1 aromatic rings. The lowest BCUT2D eigenvalue weighted by Gasteiger charge is -2.49. The number of halogens is 2. The lowest BCUT2D eigenvalue weighted by Crippen LogP contribution is -2.72. The molecule has 10 aliphatic heterocycles. The number of hydrogen-bond donors (Lipinski definition) is 8. The molecule has 2 spiro atoms. The Hall–Kier alpha value is -2.99. The minimum atomic E-state index is -2.13. The molecule has 1 aromatic carbocycles. The van der Waals surface area contributed by atoms with Gasteiger partial charge in [0.1, 0.15) is 96.2 Å². The predicted molar refractivity (Wildman–Crippen MR) is 298 cm³/mol. The fourth-order valence-corrected chi connectivity index (χ4v) is 14.3. The third-order valence-corrected chi connectivity index (χ3v) is 19.4. The molecule has 1 unspecified atom stereocenters. The SMILES string of the molecule is COC[C@H]1O[C@@H](O[C@H]2OC[C@@H]3O[C@]4(O[C@H]3[C@H]2OC(=O)C(C)C)O[C@H](C)[C@@](O)(C(C)=O)[C@@H]2OCO[C@H]24)[C@@H](OC)[C@@H](O)[C@@H]1O[C@@H]1OC[C@H](O)[C@H](O[C@H]2C[C@@]3(C)OC4(C[C@@H](O)[C@H](O[C@H]5C[C@@H](O)[C@H](OC(=O)c6c(C)c(Cl)c(O)c(Cl)c6O)[C@@H](C)O5)[C@@H](C)O4)O[C@@H]3[C@@H](C)O2)[C@H]1O. The van der Waals surface area contributed by atoms with Gasteiger partial charge in [0.25, 0.3) is 5.97 Å². The van der Waals surface area contributed by atoms with Crippen LogP contribution in [0.5, 0.6) is 11.5 Å². The molecule has 34 heteroatoms. The summed E-state index contributed by atoms with van der Waals surface area (Å²) >= 11 is 12.1. The van der Waals surface area contributed by atoms with E-state index in [1.165, 1.54) is 41.9 Å². The maximum atomic E-state index is 13.4. The number of aliphatic hydroxyl groups excluding tert-OH is 5. The number of benzene rings is 1. The smallest absolute Gasteiger partial charge is 0.342 e. The Morgan fingerprint density at radius 2 is 1.35 bits per heavy atom. The molecule has 10 heterocycles. The summed E-state index contributed by atoms with van der Waals surface area (Å²) in [5, 5.41) is 89.6. The Labute approximate surface area is 537 Å². The van der Waals surface area contributed by atoms with E-state index in [9.17, 15) is 55.2 Å². The average molecular weight is 1360 g/mol. The molecule has 30 atom stereocenters. The van der Waals surface area contributed by atoms with Gasteiger partial charge in [-0.15, -0.1) is 0 Å². The van der Waals surface area contributed by atoms with E-state index in [2.05, 4.69) is 0 Å². The summed E-state index contributed by atoms with van der Waals surface area (Å²) in [5.41, 5.74) is -3.79. The summed E-state index contributed by atoms with van der Waals surface area (Å²) in [4.78, 5) is 39.5. The molecule has 10 saturated heterocycles. The van der Waals surface area contributed by atoms with Crippen molar-refractivity contribution >= 4 is 40.9 Å². The molecule has 0 radical (unpaired) electrons. The number of phenolic OH excluding ortho intramolecular Hbond substituents is 2. The fraction of sp³-hybridized carbons (Fsp3) is 0.845. The van der Waals surface area contributed by atoms with Crippen LogP contribution in [-0.4, -0.2) is 282 Å². The number of methoxy groups -OCH3 is 2. The second-order valence-corrected chi connectivity index (χ2v) is 26.2. The van der Waals surface area contributed by atoms with Gasteiger partial charge in [-0.1, -0.05) is 37.0 Å². The molecule has 32 nitrogen and oxygen atoms in total. The third-order valence-electron chi connectivity index (χ3n) is 18.6. The van der Waals surface area contributed by atoms with Crippen LogP contribution in [0.25, 0.3) is 0 Å². The first-order chi connectivity index (χ1) is 43.4. The van der Waals surface area contributed by atoms with Crippen molar-refractivity contribution in [3.63, 3.8) is 0 Å². The van der Waals surface area contributed by atoms with E-state index in [0.717, 1.165) is 0 Å². The molecular formula is C58H82Cl2O32. The van der Waals surface area contributed by atoms with E-state index in [1.807, 2.05) is 0 Å². The molecular weight excluding hydrogens is 1280 g/mol. The van der Waals surface area contributed by atoms with E-state index in [1.54, 1.807) is 34.6 Å². The van der Waals surface area contributed by atoms with Crippen LogP contribution in [0.4, 0.5) is 0 Å². The van der Waals surface area contributed by atoms with Crippen LogP contribution in [-0.2, 0) is 109 Å². The number of fused-ring (bicyclic) bond motifs is 4. The standard InChI is InChI=1S/C58H82Cl2O32/c1-19(2)50(69)84-46-44-30(89-58(90-44)49-48(76-18-77-49)57(71,24(7)61)25(8)88-58)17-75-53(46)86-54-45(73-11)38(67)43(29(80-54)16-72-10)85-52-39(68)42(28(64)15-74-52)82-32-14-55(9)47(23(6)79-32)91-56(92-55)13-27(63)41(22(5)87-56)81-31-12-26(62)40(21(4)78-31)83-51(70)33-20(3)34(59)37(66)35(60)36(33)65/h19,21-23,25-32,38-49,52-54,62-68,71H,12-18H2,1-11H3/t21-,22-,23-,25-,26-,27-,28+,29-,30+,31+,32+,38+,39-,40-,41-,42+,43-,44-,45+,46-,47-,48-,49-,52+,53-,54+,55-,56?,57+,58-/m1/s1. The Kier molecular flexibility index (Phi) is 20.7. The van der Waals surface area contributed by atoms with Gasteiger partial charge in [0, 0.05) is 27.1 Å². The number of phenols is 2. The highest BCUT2D eigenvalue weighted by Crippen LogP contribution is 2.53. The van der Waals surface area contributed by atoms with Gasteiger partial charge in [0.2, 0.25) is 6.29 Å². The summed E-state index contributed by atoms with van der Waals surface area (Å²) < 4.78 is 129. The van der Waals surface area contributed by atoms with Gasteiger partial charge in [0.15, 0.2) is 66.4 Å². The van der Waals surface area contributed by atoms with E-state index in [-0.39, 0.29) is 49.9 Å². The molecule has 0 aliphatic carbocycles. The first-order valence-corrected chi connectivity index (χ1v) is 31.2. The average Bonchev–Trinajstić information content (AvgIpc) is 1.53. The van der Waals surface area contributed by atoms with Crippen LogP contribution in [0.3, 0.4) is 0 Å². The number of carbonyl (C=O) groups is 3. The Morgan fingerprint density at radius 1 is 0.652 bits per heavy atom. The lowest BCUT2D eigenvalue weighted by atomic mass is 9.81. The monoisotopic (exact) mass is 1360 g/mol. The van der Waals surface area contributed by atoms with Gasteiger partial charge >= 0.3 is 17.9 Å². The van der Waals surface area contributed by atoms with Crippen molar-refractivity contribution in [1.82, 2.24) is 0 Å². The minimum Gasteiger partial charge on any atom is -0.505 e. The van der Waals surface area contributed by atoms with E-state index >= 15 is 0 Å². The van der Waals surface area contributed by atoms with Crippen LogP contribution < -0.4 is 0 Å². The number of esters is 2. The highest BCUT2D eigenvalue weighted by Gasteiger charge is 2.73. The van der Waals surface area contributed by atoms with Gasteiger partial charge in [-0.2, -0.15) is 0 Å². The summed E-state index contributed by atoms with van der Waals surface area (Å²) in [7, 11) is 2.63. The fourth-order valence-electron chi connectivity index (χ4n) is 13.9. The first kappa shape index (κ1) is 70.3. The van der Waals surface area contributed by atoms with Gasteiger partial charge in [-0.05, 0) is 54.0 Å². The van der Waals surface area contributed by atoms with Crippen LogP contribution in [0.2, 0.25) is 10.0 Å². The lowest BCUT2D eigenvalue weighted by molar-refractivity contribution is -0.428.